The number of amides is 2. The van der Waals surface area contributed by atoms with Crippen LogP contribution in [-0.4, -0.2) is 29.1 Å². The van der Waals surface area contributed by atoms with Crippen molar-refractivity contribution in [2.75, 3.05) is 6.54 Å². The lowest BCUT2D eigenvalue weighted by atomic mass is 9.90. The minimum atomic E-state index is -0.512. The molecule has 5 rings (SSSR count). The number of hydrogen-bond donors (Lipinski definition) is 2. The number of rotatable bonds is 9. The number of nitrogens with one attached hydrogen (secondary N) is 2. The zero-order chi connectivity index (χ0) is 27.0. The van der Waals surface area contributed by atoms with Gasteiger partial charge in [0.15, 0.2) is 0 Å². The highest BCUT2D eigenvalue weighted by atomic mass is 16.2. The molecule has 0 unspecified atom stereocenters. The van der Waals surface area contributed by atoms with Gasteiger partial charge in [0.1, 0.15) is 0 Å². The third-order valence-electron chi connectivity index (χ3n) is 6.80. The molecule has 1 heterocycles. The first-order valence-corrected chi connectivity index (χ1v) is 12.9. The lowest BCUT2D eigenvalue weighted by Gasteiger charge is -2.17. The first kappa shape index (κ1) is 25.7. The van der Waals surface area contributed by atoms with Crippen LogP contribution in [0.2, 0.25) is 0 Å². The number of nitrogens with zero attached hydrogens (tertiary/aromatic N) is 2. The maximum Gasteiger partial charge on any atom is 0.259 e. The van der Waals surface area contributed by atoms with Gasteiger partial charge in [-0.15, -0.1) is 0 Å². The van der Waals surface area contributed by atoms with Crippen LogP contribution in [0.25, 0.3) is 10.9 Å². The fourth-order valence-corrected chi connectivity index (χ4v) is 4.85. The second-order valence-electron chi connectivity index (χ2n) is 9.35. The van der Waals surface area contributed by atoms with Gasteiger partial charge in [0.25, 0.3) is 5.91 Å². The van der Waals surface area contributed by atoms with Crippen LogP contribution in [-0.2, 0) is 16.1 Å². The first-order chi connectivity index (χ1) is 19.1. The molecular weight excluding hydrogens is 484 g/mol. The van der Waals surface area contributed by atoms with Crippen molar-refractivity contribution in [3.8, 4) is 0 Å². The maximum absolute atomic E-state index is 13.2. The van der Waals surface area contributed by atoms with Gasteiger partial charge >= 0.3 is 0 Å². The molecule has 2 N–H and O–H groups in total. The predicted molar refractivity (Wildman–Crippen MR) is 156 cm³/mol. The number of hydrogen-bond acceptors (Lipinski definition) is 3. The highest BCUT2D eigenvalue weighted by molar-refractivity contribution is 6.01. The van der Waals surface area contributed by atoms with Crippen molar-refractivity contribution >= 4 is 28.9 Å². The highest BCUT2D eigenvalue weighted by Crippen LogP contribution is 2.26. The summed E-state index contributed by atoms with van der Waals surface area (Å²) in [6.45, 7) is 2.62. The maximum atomic E-state index is 13.2. The van der Waals surface area contributed by atoms with E-state index in [0.717, 1.165) is 39.8 Å². The molecular formula is C33H30N4O2. The van der Waals surface area contributed by atoms with Crippen molar-refractivity contribution in [1.82, 2.24) is 15.3 Å². The van der Waals surface area contributed by atoms with Gasteiger partial charge in [0.05, 0.1) is 18.7 Å². The van der Waals surface area contributed by atoms with Crippen LogP contribution in [0.4, 0.5) is 0 Å². The molecule has 0 spiro atoms. The van der Waals surface area contributed by atoms with E-state index in [-0.39, 0.29) is 12.5 Å². The quantitative estimate of drug-likeness (QED) is 0.204. The summed E-state index contributed by atoms with van der Waals surface area (Å²) in [5.74, 6) is -1.15. The molecule has 1 aromatic heterocycles. The average Bonchev–Trinajstić information content (AvgIpc) is 3.24. The molecule has 4 aromatic carbocycles. The zero-order valence-corrected chi connectivity index (χ0v) is 21.7. The molecule has 0 saturated carbocycles. The van der Waals surface area contributed by atoms with Crippen LogP contribution in [0.15, 0.2) is 120 Å². The van der Waals surface area contributed by atoms with E-state index in [1.807, 2.05) is 91.0 Å². The molecule has 0 radical (unpaired) electrons. The molecule has 194 valence electrons. The first-order valence-electron chi connectivity index (χ1n) is 12.9. The lowest BCUT2D eigenvalue weighted by molar-refractivity contribution is -0.126. The number of hydrazone groups is 1. The summed E-state index contributed by atoms with van der Waals surface area (Å²) in [6.07, 6.45) is 1.68. The molecule has 0 aliphatic carbocycles. The van der Waals surface area contributed by atoms with Crippen molar-refractivity contribution in [2.24, 2.45) is 5.10 Å². The number of fused-ring (bicyclic) bond motifs is 1. The molecule has 0 fully saturated rings. The fraction of sp³-hybridized carbons (Fsp3) is 0.121. The summed E-state index contributed by atoms with van der Waals surface area (Å²) >= 11 is 0. The van der Waals surface area contributed by atoms with Gasteiger partial charge in [-0.2, -0.15) is 5.10 Å². The van der Waals surface area contributed by atoms with Crippen LogP contribution in [0, 0.1) is 6.92 Å². The molecule has 2 amide bonds. The Morgan fingerprint density at radius 1 is 0.795 bits per heavy atom. The molecule has 0 aliphatic heterocycles. The molecule has 0 atom stereocenters. The third kappa shape index (κ3) is 5.96. The van der Waals surface area contributed by atoms with Gasteiger partial charge in [-0.1, -0.05) is 109 Å². The number of carbonyl (C=O) groups is 2. The van der Waals surface area contributed by atoms with Crippen molar-refractivity contribution in [2.45, 2.75) is 19.4 Å². The van der Waals surface area contributed by atoms with Crippen LogP contribution in [0.5, 0.6) is 0 Å². The molecule has 6 nitrogen and oxygen atoms in total. The van der Waals surface area contributed by atoms with Gasteiger partial charge in [-0.05, 0) is 29.7 Å². The minimum absolute atomic E-state index is 0.179. The van der Waals surface area contributed by atoms with Crippen molar-refractivity contribution in [3.63, 3.8) is 0 Å². The van der Waals surface area contributed by atoms with E-state index >= 15 is 0 Å². The molecule has 6 heteroatoms. The normalized spacial score (nSPS) is 11.2. The second kappa shape index (κ2) is 12.0. The Labute approximate surface area is 228 Å². The molecule has 0 saturated heterocycles. The van der Waals surface area contributed by atoms with Crippen LogP contribution < -0.4 is 10.7 Å². The van der Waals surface area contributed by atoms with E-state index in [4.69, 9.17) is 0 Å². The smallest absolute Gasteiger partial charge is 0.259 e. The summed E-state index contributed by atoms with van der Waals surface area (Å²) in [7, 11) is 0. The predicted octanol–water partition coefficient (Wildman–Crippen LogP) is 5.40. The molecule has 5 aromatic rings. The summed E-state index contributed by atoms with van der Waals surface area (Å²) in [5, 5.41) is 8.06. The summed E-state index contributed by atoms with van der Waals surface area (Å²) < 4.78 is 2.25. The number of para-hydroxylation sites is 1. The monoisotopic (exact) mass is 514 g/mol. The fourth-order valence-electron chi connectivity index (χ4n) is 4.85. The standard InChI is InChI=1S/C33H30N4O2/c1-24-29(28-19-11-12-20-30(28)37(24)23-25-13-5-2-6-14-25)21-35-36-31(38)22-34-33(39)32(26-15-7-3-8-16-26)27-17-9-4-10-18-27/h2-21,32H,22-23H2,1H3,(H,34,39)(H,36,38). The Morgan fingerprint density at radius 3 is 2.00 bits per heavy atom. The van der Waals surface area contributed by atoms with E-state index in [9.17, 15) is 9.59 Å². The van der Waals surface area contributed by atoms with E-state index < -0.39 is 11.8 Å². The third-order valence-corrected chi connectivity index (χ3v) is 6.80. The van der Waals surface area contributed by atoms with Crippen LogP contribution in [0.1, 0.15) is 33.9 Å². The Bertz CT molecular complexity index is 1550. The van der Waals surface area contributed by atoms with E-state index in [1.165, 1.54) is 5.56 Å². The Balaban J connectivity index is 1.26. The summed E-state index contributed by atoms with van der Waals surface area (Å²) in [5.41, 5.74) is 8.60. The Kier molecular flexibility index (Phi) is 7.93. The Morgan fingerprint density at radius 2 is 1.36 bits per heavy atom. The van der Waals surface area contributed by atoms with E-state index in [0.29, 0.717) is 0 Å². The second-order valence-corrected chi connectivity index (χ2v) is 9.35. The van der Waals surface area contributed by atoms with Gasteiger partial charge in [0, 0.05) is 28.7 Å². The van der Waals surface area contributed by atoms with E-state index in [2.05, 4.69) is 51.6 Å². The number of carbonyl (C=O) groups excluding carboxylic acids is 2. The topological polar surface area (TPSA) is 75.5 Å². The van der Waals surface area contributed by atoms with Crippen molar-refractivity contribution in [3.05, 3.63) is 143 Å². The van der Waals surface area contributed by atoms with Crippen LogP contribution in [0.3, 0.4) is 0 Å². The molecule has 39 heavy (non-hydrogen) atoms. The highest BCUT2D eigenvalue weighted by Gasteiger charge is 2.22. The Hall–Kier alpha value is -4.97. The molecule has 0 bridgehead atoms. The number of benzene rings is 4. The van der Waals surface area contributed by atoms with Crippen molar-refractivity contribution < 1.29 is 9.59 Å². The zero-order valence-electron chi connectivity index (χ0n) is 21.7. The van der Waals surface area contributed by atoms with Gasteiger partial charge < -0.3 is 9.88 Å². The van der Waals surface area contributed by atoms with Gasteiger partial charge in [0.2, 0.25) is 5.91 Å². The minimum Gasteiger partial charge on any atom is -0.346 e. The van der Waals surface area contributed by atoms with Crippen LogP contribution >= 0.6 is 0 Å². The number of aromatic nitrogens is 1. The lowest BCUT2D eigenvalue weighted by Crippen LogP contribution is -2.37. The average molecular weight is 515 g/mol. The largest absolute Gasteiger partial charge is 0.346 e. The van der Waals surface area contributed by atoms with Gasteiger partial charge in [-0.25, -0.2) is 5.43 Å². The van der Waals surface area contributed by atoms with Crippen molar-refractivity contribution in [1.29, 1.82) is 0 Å². The molecule has 0 aliphatic rings. The van der Waals surface area contributed by atoms with Gasteiger partial charge in [-0.3, -0.25) is 9.59 Å². The summed E-state index contributed by atoms with van der Waals surface area (Å²) in [4.78, 5) is 25.7. The SMILES string of the molecule is Cc1c(C=NNC(=O)CNC(=O)C(c2ccccc2)c2ccccc2)c2ccccc2n1Cc1ccccc1. The summed E-state index contributed by atoms with van der Waals surface area (Å²) in [6, 6.07) is 37.6. The van der Waals surface area contributed by atoms with E-state index in [1.54, 1.807) is 6.21 Å².